The Bertz CT molecular complexity index is 891. The van der Waals surface area contributed by atoms with E-state index in [1.807, 2.05) is 0 Å². The monoisotopic (exact) mass is 372 g/mol. The van der Waals surface area contributed by atoms with E-state index in [-0.39, 0.29) is 5.69 Å². The third kappa shape index (κ3) is 4.33. The van der Waals surface area contributed by atoms with Crippen LogP contribution in [0.2, 0.25) is 0 Å². The molecule has 0 saturated carbocycles. The van der Waals surface area contributed by atoms with Crippen molar-refractivity contribution in [3.8, 4) is 0 Å². The number of non-ortho nitro benzene ring substituents is 1. The summed E-state index contributed by atoms with van der Waals surface area (Å²) in [5.41, 5.74) is 0.0690. The van der Waals surface area contributed by atoms with Crippen molar-refractivity contribution in [3.05, 3.63) is 39.9 Å². The van der Waals surface area contributed by atoms with Crippen molar-refractivity contribution in [2.45, 2.75) is 39.3 Å². The van der Waals surface area contributed by atoms with E-state index in [0.29, 0.717) is 28.3 Å². The molecule has 0 bridgehead atoms. The number of nitrogens with one attached hydrogen (secondary N) is 1. The molecule has 1 saturated heterocycles. The van der Waals surface area contributed by atoms with Gasteiger partial charge in [-0.2, -0.15) is 0 Å². The SMILES string of the molecule is C[C@H]1CN(c2cc(C(=O)OC(C)(C)C)c3cc([N+](=O)[O-])ccc3n2)CCN1. The van der Waals surface area contributed by atoms with E-state index in [2.05, 4.69) is 22.1 Å². The Hall–Kier alpha value is -2.74. The summed E-state index contributed by atoms with van der Waals surface area (Å²) >= 11 is 0. The molecule has 1 aliphatic heterocycles. The highest BCUT2D eigenvalue weighted by Gasteiger charge is 2.24. The number of esters is 1. The molecule has 3 rings (SSSR count). The van der Waals surface area contributed by atoms with Crippen LogP contribution in [0.3, 0.4) is 0 Å². The molecule has 1 aromatic heterocycles. The Labute approximate surface area is 157 Å². The van der Waals surface area contributed by atoms with Gasteiger partial charge < -0.3 is 15.0 Å². The third-order valence-electron chi connectivity index (χ3n) is 4.30. The second-order valence-electron chi connectivity index (χ2n) is 7.79. The summed E-state index contributed by atoms with van der Waals surface area (Å²) in [6, 6.07) is 6.34. The number of carbonyl (C=O) groups is 1. The average Bonchev–Trinajstić information content (AvgIpc) is 2.58. The highest BCUT2D eigenvalue weighted by atomic mass is 16.6. The molecule has 1 aromatic carbocycles. The first kappa shape index (κ1) is 19.0. The molecule has 1 N–H and O–H groups in total. The highest BCUT2D eigenvalue weighted by Crippen LogP contribution is 2.28. The van der Waals surface area contributed by atoms with Crippen molar-refractivity contribution in [1.82, 2.24) is 10.3 Å². The zero-order chi connectivity index (χ0) is 19.8. The molecule has 1 aliphatic rings. The maximum atomic E-state index is 12.8. The van der Waals surface area contributed by atoms with E-state index in [0.717, 1.165) is 19.6 Å². The second kappa shape index (κ2) is 7.11. The van der Waals surface area contributed by atoms with Gasteiger partial charge in [-0.1, -0.05) is 0 Å². The van der Waals surface area contributed by atoms with E-state index in [9.17, 15) is 14.9 Å². The number of aromatic nitrogens is 1. The van der Waals surface area contributed by atoms with Crippen LogP contribution >= 0.6 is 0 Å². The minimum Gasteiger partial charge on any atom is -0.456 e. The summed E-state index contributed by atoms with van der Waals surface area (Å²) in [7, 11) is 0. The number of anilines is 1. The number of hydrogen-bond acceptors (Lipinski definition) is 7. The lowest BCUT2D eigenvalue weighted by Crippen LogP contribution is -2.49. The molecular weight excluding hydrogens is 348 g/mol. The van der Waals surface area contributed by atoms with Crippen molar-refractivity contribution in [1.29, 1.82) is 0 Å². The number of ether oxygens (including phenoxy) is 1. The van der Waals surface area contributed by atoms with Crippen molar-refractivity contribution >= 4 is 28.4 Å². The summed E-state index contributed by atoms with van der Waals surface area (Å²) in [6.07, 6.45) is 0. The molecule has 2 heterocycles. The van der Waals surface area contributed by atoms with Crippen LogP contribution in [0.15, 0.2) is 24.3 Å². The zero-order valence-electron chi connectivity index (χ0n) is 16.0. The van der Waals surface area contributed by atoms with Gasteiger partial charge in [0.05, 0.1) is 16.0 Å². The van der Waals surface area contributed by atoms with Gasteiger partial charge in [0.1, 0.15) is 11.4 Å². The number of nitro benzene ring substituents is 1. The van der Waals surface area contributed by atoms with Crippen molar-refractivity contribution in [2.24, 2.45) is 0 Å². The molecule has 8 heteroatoms. The normalized spacial score (nSPS) is 17.8. The number of fused-ring (bicyclic) bond motifs is 1. The van der Waals surface area contributed by atoms with Gasteiger partial charge in [-0.15, -0.1) is 0 Å². The summed E-state index contributed by atoms with van der Waals surface area (Å²) in [5, 5.41) is 15.0. The molecular formula is C19H24N4O4. The molecule has 0 aliphatic carbocycles. The number of pyridine rings is 1. The van der Waals surface area contributed by atoms with Gasteiger partial charge in [-0.3, -0.25) is 10.1 Å². The summed E-state index contributed by atoms with van der Waals surface area (Å²) in [6.45, 7) is 9.80. The zero-order valence-corrected chi connectivity index (χ0v) is 16.0. The van der Waals surface area contributed by atoms with Crippen LogP contribution in [0, 0.1) is 10.1 Å². The topological polar surface area (TPSA) is 97.6 Å². The van der Waals surface area contributed by atoms with Gasteiger partial charge in [0.2, 0.25) is 0 Å². The number of carbonyl (C=O) groups excluding carboxylic acids is 1. The Morgan fingerprint density at radius 2 is 2.11 bits per heavy atom. The fourth-order valence-corrected chi connectivity index (χ4v) is 3.12. The van der Waals surface area contributed by atoms with Gasteiger partial charge in [0, 0.05) is 43.2 Å². The molecule has 0 unspecified atom stereocenters. The van der Waals surface area contributed by atoms with E-state index in [1.165, 1.54) is 12.1 Å². The number of hydrogen-bond donors (Lipinski definition) is 1. The van der Waals surface area contributed by atoms with Crippen LogP contribution in [0.25, 0.3) is 10.9 Å². The summed E-state index contributed by atoms with van der Waals surface area (Å²) < 4.78 is 5.53. The van der Waals surface area contributed by atoms with Crippen LogP contribution in [0.4, 0.5) is 11.5 Å². The number of benzene rings is 1. The largest absolute Gasteiger partial charge is 0.456 e. The Morgan fingerprint density at radius 1 is 1.37 bits per heavy atom. The molecule has 2 aromatic rings. The lowest BCUT2D eigenvalue weighted by molar-refractivity contribution is -0.384. The van der Waals surface area contributed by atoms with E-state index in [1.54, 1.807) is 32.9 Å². The molecule has 1 atom stereocenters. The fraction of sp³-hybridized carbons (Fsp3) is 0.474. The standard InChI is InChI=1S/C19H24N4O4/c1-12-11-22(8-7-20-12)17-10-15(18(24)27-19(2,3)4)14-9-13(23(25)26)5-6-16(14)21-17/h5-6,9-10,12,20H,7-8,11H2,1-4H3/t12-/m0/s1. The van der Waals surface area contributed by atoms with Crippen molar-refractivity contribution < 1.29 is 14.5 Å². The fourth-order valence-electron chi connectivity index (χ4n) is 3.12. The quantitative estimate of drug-likeness (QED) is 0.502. The molecule has 8 nitrogen and oxygen atoms in total. The molecule has 0 spiro atoms. The third-order valence-corrected chi connectivity index (χ3v) is 4.30. The number of nitro groups is 1. The lowest BCUT2D eigenvalue weighted by Gasteiger charge is -2.33. The average molecular weight is 372 g/mol. The molecule has 0 amide bonds. The number of piperazine rings is 1. The van der Waals surface area contributed by atoms with Crippen molar-refractivity contribution in [2.75, 3.05) is 24.5 Å². The minimum absolute atomic E-state index is 0.0855. The Morgan fingerprint density at radius 3 is 2.74 bits per heavy atom. The van der Waals surface area contributed by atoms with Gasteiger partial charge >= 0.3 is 5.97 Å². The maximum Gasteiger partial charge on any atom is 0.339 e. The van der Waals surface area contributed by atoms with E-state index >= 15 is 0 Å². The van der Waals surface area contributed by atoms with E-state index < -0.39 is 16.5 Å². The molecule has 1 fully saturated rings. The maximum absolute atomic E-state index is 12.8. The predicted molar refractivity (Wildman–Crippen MR) is 103 cm³/mol. The van der Waals surface area contributed by atoms with Gasteiger partial charge in [-0.05, 0) is 39.8 Å². The lowest BCUT2D eigenvalue weighted by atomic mass is 10.1. The van der Waals surface area contributed by atoms with Crippen LogP contribution in [-0.2, 0) is 4.74 Å². The van der Waals surface area contributed by atoms with Gasteiger partial charge in [0.25, 0.3) is 5.69 Å². The number of nitrogens with zero attached hydrogens (tertiary/aromatic N) is 3. The number of rotatable bonds is 3. The molecule has 144 valence electrons. The Balaban J connectivity index is 2.13. The van der Waals surface area contributed by atoms with E-state index in [4.69, 9.17) is 4.74 Å². The van der Waals surface area contributed by atoms with Crippen LogP contribution < -0.4 is 10.2 Å². The molecule has 0 radical (unpaired) electrons. The smallest absolute Gasteiger partial charge is 0.339 e. The van der Waals surface area contributed by atoms with Crippen LogP contribution in [-0.4, -0.2) is 47.2 Å². The first-order chi connectivity index (χ1) is 12.6. The van der Waals surface area contributed by atoms with Crippen molar-refractivity contribution in [3.63, 3.8) is 0 Å². The minimum atomic E-state index is -0.670. The first-order valence-corrected chi connectivity index (χ1v) is 8.95. The first-order valence-electron chi connectivity index (χ1n) is 8.95. The van der Waals surface area contributed by atoms with Gasteiger partial charge in [0.15, 0.2) is 0 Å². The predicted octanol–water partition coefficient (Wildman–Crippen LogP) is 2.90. The Kier molecular flexibility index (Phi) is 5.01. The summed E-state index contributed by atoms with van der Waals surface area (Å²) in [4.78, 5) is 30.2. The van der Waals surface area contributed by atoms with Crippen LogP contribution in [0.1, 0.15) is 38.1 Å². The van der Waals surface area contributed by atoms with Crippen LogP contribution in [0.5, 0.6) is 0 Å². The van der Waals surface area contributed by atoms with Gasteiger partial charge in [-0.25, -0.2) is 9.78 Å². The summed E-state index contributed by atoms with van der Waals surface area (Å²) in [5.74, 6) is 0.158. The second-order valence-corrected chi connectivity index (χ2v) is 7.79. The molecule has 27 heavy (non-hydrogen) atoms. The highest BCUT2D eigenvalue weighted by molar-refractivity contribution is 6.05.